The van der Waals surface area contributed by atoms with E-state index in [9.17, 15) is 4.39 Å². The highest BCUT2D eigenvalue weighted by atomic mass is 127. The van der Waals surface area contributed by atoms with Crippen molar-refractivity contribution in [3.63, 3.8) is 0 Å². The van der Waals surface area contributed by atoms with Crippen molar-refractivity contribution >= 4 is 22.6 Å². The van der Waals surface area contributed by atoms with Gasteiger partial charge in [-0.25, -0.2) is 0 Å². The Morgan fingerprint density at radius 1 is 1.45 bits per heavy atom. The van der Waals surface area contributed by atoms with Crippen LogP contribution in [0, 0.1) is 5.41 Å². The summed E-state index contributed by atoms with van der Waals surface area (Å²) in [6, 6.07) is 0. The molecule has 0 radical (unpaired) electrons. The molecule has 68 valence electrons. The molecule has 0 nitrogen and oxygen atoms in total. The SMILES string of the molecule is CCC(C)(C)C(I)CCCF. The molecule has 0 amide bonds. The Labute approximate surface area is 83.1 Å². The summed E-state index contributed by atoms with van der Waals surface area (Å²) in [7, 11) is 0. The maximum atomic E-state index is 11.8. The Balaban J connectivity index is 3.71. The zero-order chi connectivity index (χ0) is 8.91. The van der Waals surface area contributed by atoms with Crippen LogP contribution in [0.1, 0.15) is 40.0 Å². The Kier molecular flexibility index (Phi) is 5.65. The molecule has 0 aliphatic carbocycles. The van der Waals surface area contributed by atoms with Crippen LogP contribution in [0.25, 0.3) is 0 Å². The van der Waals surface area contributed by atoms with E-state index in [1.165, 1.54) is 6.42 Å². The number of hydrogen-bond donors (Lipinski definition) is 0. The molecule has 1 unspecified atom stereocenters. The largest absolute Gasteiger partial charge is 0.251 e. The Morgan fingerprint density at radius 2 is 2.00 bits per heavy atom. The maximum absolute atomic E-state index is 11.8. The standard InChI is InChI=1S/C9H18FI/c1-4-9(2,3)8(11)6-5-7-10/h8H,4-7H2,1-3H3. The third kappa shape index (κ3) is 4.28. The van der Waals surface area contributed by atoms with Crippen LogP contribution in [0.5, 0.6) is 0 Å². The normalized spacial score (nSPS) is 15.0. The van der Waals surface area contributed by atoms with E-state index < -0.39 is 0 Å². The van der Waals surface area contributed by atoms with E-state index in [-0.39, 0.29) is 6.67 Å². The first kappa shape index (κ1) is 11.7. The lowest BCUT2D eigenvalue weighted by molar-refractivity contribution is 0.324. The molecule has 0 saturated heterocycles. The molecule has 0 rings (SSSR count). The van der Waals surface area contributed by atoms with Crippen LogP contribution < -0.4 is 0 Å². The molecule has 0 heterocycles. The summed E-state index contributed by atoms with van der Waals surface area (Å²) in [6.45, 7) is 6.53. The molecule has 1 atom stereocenters. The Bertz CT molecular complexity index is 102. The topological polar surface area (TPSA) is 0 Å². The van der Waals surface area contributed by atoms with Gasteiger partial charge in [-0.15, -0.1) is 0 Å². The molecule has 2 heteroatoms. The molecule has 11 heavy (non-hydrogen) atoms. The van der Waals surface area contributed by atoms with E-state index in [2.05, 4.69) is 43.4 Å². The fourth-order valence-electron chi connectivity index (χ4n) is 0.869. The monoisotopic (exact) mass is 272 g/mol. The first-order valence-corrected chi connectivity index (χ1v) is 5.49. The summed E-state index contributed by atoms with van der Waals surface area (Å²) in [4.78, 5) is 0. The average molecular weight is 272 g/mol. The zero-order valence-corrected chi connectivity index (χ0v) is 9.82. The third-order valence-electron chi connectivity index (χ3n) is 2.35. The van der Waals surface area contributed by atoms with Gasteiger partial charge in [0.1, 0.15) is 0 Å². The lowest BCUT2D eigenvalue weighted by atomic mass is 9.85. The highest BCUT2D eigenvalue weighted by Gasteiger charge is 2.24. The van der Waals surface area contributed by atoms with Crippen LogP contribution in [0.2, 0.25) is 0 Å². The molecular formula is C9H18FI. The molecule has 0 aromatic rings. The van der Waals surface area contributed by atoms with Crippen molar-refractivity contribution in [2.75, 3.05) is 6.67 Å². The average Bonchev–Trinajstić information content (AvgIpc) is 2.00. The molecule has 0 spiro atoms. The Morgan fingerprint density at radius 3 is 2.36 bits per heavy atom. The first-order chi connectivity index (χ1) is 5.04. The Hall–Kier alpha value is 0.660. The van der Waals surface area contributed by atoms with Gasteiger partial charge in [0.05, 0.1) is 6.67 Å². The predicted molar refractivity (Wildman–Crippen MR) is 57.1 cm³/mol. The zero-order valence-electron chi connectivity index (χ0n) is 7.66. The van der Waals surface area contributed by atoms with Crippen molar-refractivity contribution in [2.45, 2.75) is 44.0 Å². The van der Waals surface area contributed by atoms with Crippen molar-refractivity contribution in [2.24, 2.45) is 5.41 Å². The first-order valence-electron chi connectivity index (χ1n) is 4.24. The lowest BCUT2D eigenvalue weighted by Crippen LogP contribution is -2.23. The second kappa shape index (κ2) is 5.33. The van der Waals surface area contributed by atoms with Crippen molar-refractivity contribution in [1.29, 1.82) is 0 Å². The van der Waals surface area contributed by atoms with E-state index in [1.54, 1.807) is 0 Å². The molecule has 0 aromatic heterocycles. The van der Waals surface area contributed by atoms with E-state index in [0.29, 0.717) is 9.34 Å². The number of alkyl halides is 2. The molecule has 0 bridgehead atoms. The van der Waals surface area contributed by atoms with E-state index in [1.807, 2.05) is 0 Å². The quantitative estimate of drug-likeness (QED) is 0.524. The lowest BCUT2D eigenvalue weighted by Gasteiger charge is -2.28. The van der Waals surface area contributed by atoms with E-state index >= 15 is 0 Å². The smallest absolute Gasteiger partial charge is 0.0894 e. The van der Waals surface area contributed by atoms with Crippen LogP contribution in [0.4, 0.5) is 4.39 Å². The van der Waals surface area contributed by atoms with Gasteiger partial charge in [0.15, 0.2) is 0 Å². The van der Waals surface area contributed by atoms with E-state index in [0.717, 1.165) is 12.8 Å². The fraction of sp³-hybridized carbons (Fsp3) is 1.00. The summed E-state index contributed by atoms with van der Waals surface area (Å²) in [5.74, 6) is 0. The van der Waals surface area contributed by atoms with E-state index in [4.69, 9.17) is 0 Å². The van der Waals surface area contributed by atoms with Crippen LogP contribution in [-0.4, -0.2) is 10.6 Å². The van der Waals surface area contributed by atoms with Gasteiger partial charge >= 0.3 is 0 Å². The second-order valence-electron chi connectivity index (χ2n) is 3.64. The minimum Gasteiger partial charge on any atom is -0.251 e. The van der Waals surface area contributed by atoms with Crippen molar-refractivity contribution < 1.29 is 4.39 Å². The van der Waals surface area contributed by atoms with Gasteiger partial charge in [0, 0.05) is 3.92 Å². The summed E-state index contributed by atoms with van der Waals surface area (Å²) >= 11 is 2.44. The van der Waals surface area contributed by atoms with Gasteiger partial charge in [0.25, 0.3) is 0 Å². The summed E-state index contributed by atoms with van der Waals surface area (Å²) < 4.78 is 12.5. The fourth-order valence-corrected chi connectivity index (χ4v) is 1.75. The van der Waals surface area contributed by atoms with Crippen molar-refractivity contribution in [3.8, 4) is 0 Å². The molecule has 0 aromatic carbocycles. The van der Waals surface area contributed by atoms with Gasteiger partial charge in [-0.1, -0.05) is 43.4 Å². The molecule has 0 fully saturated rings. The van der Waals surface area contributed by atoms with Crippen molar-refractivity contribution in [1.82, 2.24) is 0 Å². The van der Waals surface area contributed by atoms with Crippen LogP contribution in [-0.2, 0) is 0 Å². The van der Waals surface area contributed by atoms with Gasteiger partial charge in [-0.2, -0.15) is 0 Å². The summed E-state index contributed by atoms with van der Waals surface area (Å²) in [5, 5.41) is 0. The van der Waals surface area contributed by atoms with Gasteiger partial charge in [-0.3, -0.25) is 4.39 Å². The van der Waals surface area contributed by atoms with Crippen LogP contribution in [0.3, 0.4) is 0 Å². The molecule has 0 aliphatic rings. The summed E-state index contributed by atoms with van der Waals surface area (Å²) in [5.41, 5.74) is 0.371. The molecule has 0 saturated carbocycles. The van der Waals surface area contributed by atoms with Gasteiger partial charge in [-0.05, 0) is 24.7 Å². The number of halogens is 2. The number of hydrogen-bond acceptors (Lipinski definition) is 0. The van der Waals surface area contributed by atoms with Crippen LogP contribution >= 0.6 is 22.6 Å². The highest BCUT2D eigenvalue weighted by molar-refractivity contribution is 14.1. The summed E-state index contributed by atoms with van der Waals surface area (Å²) in [6.07, 6.45) is 2.90. The van der Waals surface area contributed by atoms with Crippen LogP contribution in [0.15, 0.2) is 0 Å². The third-order valence-corrected chi connectivity index (χ3v) is 4.66. The maximum Gasteiger partial charge on any atom is 0.0894 e. The van der Waals surface area contributed by atoms with Gasteiger partial charge in [0.2, 0.25) is 0 Å². The molecule has 0 N–H and O–H groups in total. The predicted octanol–water partition coefficient (Wildman–Crippen LogP) is 3.98. The molecule has 0 aliphatic heterocycles. The highest BCUT2D eigenvalue weighted by Crippen LogP contribution is 2.33. The minimum atomic E-state index is -0.167. The minimum absolute atomic E-state index is 0.167. The molecular weight excluding hydrogens is 254 g/mol. The van der Waals surface area contributed by atoms with Gasteiger partial charge < -0.3 is 0 Å². The number of rotatable bonds is 5. The second-order valence-corrected chi connectivity index (χ2v) is 5.14. The van der Waals surface area contributed by atoms with Crippen molar-refractivity contribution in [3.05, 3.63) is 0 Å².